The van der Waals surface area contributed by atoms with Crippen LogP contribution in [0.15, 0.2) is 24.3 Å². The molecule has 0 heterocycles. The van der Waals surface area contributed by atoms with Crippen molar-refractivity contribution in [1.29, 1.82) is 0 Å². The molecule has 0 bridgehead atoms. The second-order valence-electron chi connectivity index (χ2n) is 2.60. The number of benzene rings is 1. The zero-order valence-electron chi connectivity index (χ0n) is 9.13. The zero-order valence-corrected chi connectivity index (χ0v) is 9.13. The van der Waals surface area contributed by atoms with Crippen LogP contribution in [0.25, 0.3) is 0 Å². The van der Waals surface area contributed by atoms with Crippen LogP contribution in [0.4, 0.5) is 0 Å². The molecule has 1 heteroatoms. The molecule has 0 aliphatic heterocycles. The summed E-state index contributed by atoms with van der Waals surface area (Å²) in [6.07, 6.45) is 2.32. The molecule has 0 amide bonds. The van der Waals surface area contributed by atoms with Gasteiger partial charge in [0.15, 0.2) is 0 Å². The van der Waals surface area contributed by atoms with E-state index in [1.54, 1.807) is 7.11 Å². The summed E-state index contributed by atoms with van der Waals surface area (Å²) in [6, 6.07) is 8.22. The van der Waals surface area contributed by atoms with Crippen molar-refractivity contribution in [2.75, 3.05) is 7.11 Å². The fourth-order valence-corrected chi connectivity index (χ4v) is 1.12. The Hall–Kier alpha value is -0.980. The van der Waals surface area contributed by atoms with Gasteiger partial charge in [-0.15, -0.1) is 0 Å². The van der Waals surface area contributed by atoms with Crippen LogP contribution in [0.3, 0.4) is 0 Å². The fourth-order valence-electron chi connectivity index (χ4n) is 1.12. The first-order valence-electron chi connectivity index (χ1n) is 4.99. The van der Waals surface area contributed by atoms with Gasteiger partial charge in [-0.2, -0.15) is 0 Å². The number of hydrogen-bond donors (Lipinski definition) is 0. The molecule has 1 aromatic carbocycles. The van der Waals surface area contributed by atoms with Crippen LogP contribution in [-0.4, -0.2) is 7.11 Å². The van der Waals surface area contributed by atoms with Crippen molar-refractivity contribution in [3.05, 3.63) is 29.8 Å². The molecule has 74 valence electrons. The van der Waals surface area contributed by atoms with Crippen molar-refractivity contribution in [2.24, 2.45) is 0 Å². The summed E-state index contributed by atoms with van der Waals surface area (Å²) in [6.45, 7) is 6.18. The maximum absolute atomic E-state index is 5.10. The lowest BCUT2D eigenvalue weighted by Gasteiger charge is -2.01. The third kappa shape index (κ3) is 4.56. The molecule has 0 aromatic heterocycles. The lowest BCUT2D eigenvalue weighted by molar-refractivity contribution is 0.414. The van der Waals surface area contributed by atoms with E-state index in [4.69, 9.17) is 4.74 Å². The SMILES string of the molecule is CC.CCCc1cccc(OC)c1. The van der Waals surface area contributed by atoms with Gasteiger partial charge >= 0.3 is 0 Å². The summed E-state index contributed by atoms with van der Waals surface area (Å²) in [4.78, 5) is 0. The van der Waals surface area contributed by atoms with Gasteiger partial charge in [0.2, 0.25) is 0 Å². The van der Waals surface area contributed by atoms with E-state index in [2.05, 4.69) is 19.1 Å². The third-order valence-electron chi connectivity index (χ3n) is 1.67. The minimum Gasteiger partial charge on any atom is -0.497 e. The lowest BCUT2D eigenvalue weighted by Crippen LogP contribution is -1.86. The van der Waals surface area contributed by atoms with Crippen molar-refractivity contribution < 1.29 is 4.74 Å². The highest BCUT2D eigenvalue weighted by molar-refractivity contribution is 5.28. The lowest BCUT2D eigenvalue weighted by atomic mass is 10.1. The number of rotatable bonds is 3. The number of hydrogen-bond acceptors (Lipinski definition) is 1. The van der Waals surface area contributed by atoms with E-state index in [9.17, 15) is 0 Å². The predicted molar refractivity (Wildman–Crippen MR) is 58.3 cm³/mol. The van der Waals surface area contributed by atoms with E-state index in [1.165, 1.54) is 12.0 Å². The van der Waals surface area contributed by atoms with Crippen molar-refractivity contribution >= 4 is 0 Å². The standard InChI is InChI=1S/C10H14O.C2H6/c1-3-5-9-6-4-7-10(8-9)11-2;1-2/h4,6-8H,3,5H2,1-2H3;1-2H3. The molecule has 0 fully saturated rings. The van der Waals surface area contributed by atoms with Crippen molar-refractivity contribution in [1.82, 2.24) is 0 Å². The predicted octanol–water partition coefficient (Wildman–Crippen LogP) is 3.67. The molecule has 0 radical (unpaired) electrons. The zero-order chi connectivity index (χ0) is 10.1. The molecule has 0 saturated carbocycles. The number of methoxy groups -OCH3 is 1. The Bertz CT molecular complexity index is 218. The molecular formula is C12H20O. The minimum absolute atomic E-state index is 0.955. The van der Waals surface area contributed by atoms with Crippen LogP contribution in [0, 0.1) is 0 Å². The van der Waals surface area contributed by atoms with Crippen molar-refractivity contribution in [3.8, 4) is 5.75 Å². The van der Waals surface area contributed by atoms with Crippen LogP contribution in [0.2, 0.25) is 0 Å². The van der Waals surface area contributed by atoms with Gasteiger partial charge in [-0.1, -0.05) is 39.3 Å². The average Bonchev–Trinajstić information content (AvgIpc) is 2.22. The highest BCUT2D eigenvalue weighted by Crippen LogP contribution is 2.13. The maximum atomic E-state index is 5.10. The Morgan fingerprint density at radius 1 is 1.23 bits per heavy atom. The molecule has 0 aliphatic rings. The van der Waals surface area contributed by atoms with Gasteiger partial charge in [-0.3, -0.25) is 0 Å². The summed E-state index contributed by atoms with van der Waals surface area (Å²) in [7, 11) is 1.70. The first-order valence-corrected chi connectivity index (χ1v) is 4.99. The van der Waals surface area contributed by atoms with Crippen LogP contribution in [0.1, 0.15) is 32.8 Å². The quantitative estimate of drug-likeness (QED) is 0.689. The summed E-state index contributed by atoms with van der Waals surface area (Å²) >= 11 is 0. The van der Waals surface area contributed by atoms with Crippen LogP contribution >= 0.6 is 0 Å². The Labute approximate surface area is 81.7 Å². The van der Waals surface area contributed by atoms with E-state index in [-0.39, 0.29) is 0 Å². The van der Waals surface area contributed by atoms with E-state index >= 15 is 0 Å². The number of aryl methyl sites for hydroxylation is 1. The Kier molecular flexibility index (Phi) is 7.08. The van der Waals surface area contributed by atoms with Crippen molar-refractivity contribution in [2.45, 2.75) is 33.6 Å². The fraction of sp³-hybridized carbons (Fsp3) is 0.500. The van der Waals surface area contributed by atoms with Crippen LogP contribution < -0.4 is 4.74 Å². The normalized spacial score (nSPS) is 8.62. The first-order chi connectivity index (χ1) is 6.36. The van der Waals surface area contributed by atoms with Gasteiger partial charge in [0.05, 0.1) is 7.11 Å². The molecule has 0 aliphatic carbocycles. The monoisotopic (exact) mass is 180 g/mol. The molecule has 1 aromatic rings. The van der Waals surface area contributed by atoms with E-state index < -0.39 is 0 Å². The second-order valence-corrected chi connectivity index (χ2v) is 2.60. The van der Waals surface area contributed by atoms with Crippen LogP contribution in [-0.2, 0) is 6.42 Å². The second kappa shape index (κ2) is 7.66. The summed E-state index contributed by atoms with van der Waals surface area (Å²) < 4.78 is 5.10. The third-order valence-corrected chi connectivity index (χ3v) is 1.67. The van der Waals surface area contributed by atoms with Gasteiger partial charge in [-0.05, 0) is 24.1 Å². The minimum atomic E-state index is 0.955. The topological polar surface area (TPSA) is 9.23 Å². The van der Waals surface area contributed by atoms with Gasteiger partial charge < -0.3 is 4.74 Å². The Morgan fingerprint density at radius 2 is 1.92 bits per heavy atom. The van der Waals surface area contributed by atoms with E-state index in [1.807, 2.05) is 26.0 Å². The maximum Gasteiger partial charge on any atom is 0.119 e. The molecule has 0 saturated heterocycles. The molecule has 0 unspecified atom stereocenters. The number of ether oxygens (including phenoxy) is 1. The summed E-state index contributed by atoms with van der Waals surface area (Å²) in [5.74, 6) is 0.955. The van der Waals surface area contributed by atoms with Gasteiger partial charge in [0, 0.05) is 0 Å². The van der Waals surface area contributed by atoms with Gasteiger partial charge in [-0.25, -0.2) is 0 Å². The average molecular weight is 180 g/mol. The van der Waals surface area contributed by atoms with Gasteiger partial charge in [0.1, 0.15) is 5.75 Å². The van der Waals surface area contributed by atoms with Crippen LogP contribution in [0.5, 0.6) is 5.75 Å². The molecule has 0 spiro atoms. The summed E-state index contributed by atoms with van der Waals surface area (Å²) in [5.41, 5.74) is 1.35. The van der Waals surface area contributed by atoms with Crippen molar-refractivity contribution in [3.63, 3.8) is 0 Å². The Balaban J connectivity index is 0.000000671. The molecule has 13 heavy (non-hydrogen) atoms. The molecule has 0 atom stereocenters. The summed E-state index contributed by atoms with van der Waals surface area (Å²) in [5, 5.41) is 0. The molecule has 0 N–H and O–H groups in total. The molecule has 1 rings (SSSR count). The molecular weight excluding hydrogens is 160 g/mol. The Morgan fingerprint density at radius 3 is 2.46 bits per heavy atom. The first kappa shape index (κ1) is 12.0. The van der Waals surface area contributed by atoms with E-state index in [0.29, 0.717) is 0 Å². The highest BCUT2D eigenvalue weighted by atomic mass is 16.5. The largest absolute Gasteiger partial charge is 0.497 e. The highest BCUT2D eigenvalue weighted by Gasteiger charge is 1.92. The smallest absolute Gasteiger partial charge is 0.119 e. The van der Waals surface area contributed by atoms with E-state index in [0.717, 1.165) is 12.2 Å². The van der Waals surface area contributed by atoms with Gasteiger partial charge in [0.25, 0.3) is 0 Å². The molecule has 1 nitrogen and oxygen atoms in total.